The molecule has 0 aromatic heterocycles. The molecule has 1 heterocycles. The van der Waals surface area contributed by atoms with E-state index in [0.29, 0.717) is 42.7 Å². The van der Waals surface area contributed by atoms with Crippen LogP contribution >= 0.6 is 0 Å². The molecule has 278 valence electrons. The normalized spacial score (nSPS) is 17.9. The number of Topliss-reactive ketones (excluding diaryl/α,β-unsaturated/α-hetero) is 2. The van der Waals surface area contributed by atoms with E-state index < -0.39 is 27.6 Å². The van der Waals surface area contributed by atoms with Gasteiger partial charge in [-0.15, -0.1) is 0 Å². The lowest BCUT2D eigenvalue weighted by molar-refractivity contribution is -0.129. The highest BCUT2D eigenvalue weighted by Gasteiger charge is 2.31. The third-order valence-corrected chi connectivity index (χ3v) is 11.6. The number of anilines is 2. The average Bonchev–Trinajstić information content (AvgIpc) is 3.46. The summed E-state index contributed by atoms with van der Waals surface area (Å²) in [4.78, 5) is 52.0. The summed E-state index contributed by atoms with van der Waals surface area (Å²) in [6.07, 6.45) is 2.92. The van der Waals surface area contributed by atoms with Crippen molar-refractivity contribution in [1.82, 2.24) is 9.62 Å². The van der Waals surface area contributed by atoms with Crippen molar-refractivity contribution in [2.24, 2.45) is 17.8 Å². The Bertz CT molecular complexity index is 1930. The highest BCUT2D eigenvalue weighted by molar-refractivity contribution is 7.89. The van der Waals surface area contributed by atoms with Gasteiger partial charge in [-0.3, -0.25) is 14.4 Å². The number of rotatable bonds is 12. The number of amides is 2. The molecular weight excluding hydrogens is 681 g/mol. The molecular formula is C40H50N4O7S. The second kappa shape index (κ2) is 16.0. The summed E-state index contributed by atoms with van der Waals surface area (Å²) in [6, 6.07) is 17.9. The fourth-order valence-corrected chi connectivity index (χ4v) is 7.74. The topological polar surface area (TPSA) is 151 Å². The van der Waals surface area contributed by atoms with Gasteiger partial charge in [0.15, 0.2) is 5.78 Å². The number of alkyl carbamates (subject to hydrolysis) is 1. The summed E-state index contributed by atoms with van der Waals surface area (Å²) in [5.74, 6) is -0.805. The molecule has 2 amide bonds. The Kier molecular flexibility index (Phi) is 11.9. The number of sulfonamides is 1. The van der Waals surface area contributed by atoms with Crippen LogP contribution < -0.4 is 16.0 Å². The van der Waals surface area contributed by atoms with Gasteiger partial charge in [0.2, 0.25) is 15.9 Å². The molecule has 0 bridgehead atoms. The van der Waals surface area contributed by atoms with Gasteiger partial charge in [-0.1, -0.05) is 30.3 Å². The van der Waals surface area contributed by atoms with Crippen molar-refractivity contribution >= 4 is 45.0 Å². The minimum Gasteiger partial charge on any atom is -0.444 e. The van der Waals surface area contributed by atoms with Gasteiger partial charge in [0.1, 0.15) is 11.4 Å². The van der Waals surface area contributed by atoms with E-state index in [4.69, 9.17) is 4.74 Å². The van der Waals surface area contributed by atoms with E-state index in [0.717, 1.165) is 35.1 Å². The number of aryl methyl sites for hydroxylation is 1. The smallest absolute Gasteiger partial charge is 0.407 e. The first-order chi connectivity index (χ1) is 24.5. The SMILES string of the molecule is Cc1ccc(S(=O)(=O)N(C)C)cc1-c1ccc(C[C@H](CC(=O)C2CCC(CNC(=O)OC(C)(C)C)CC2)C(=O)Nc2ccc3c(c2)NCC3=O)cc1. The molecule has 1 atom stereocenters. The predicted molar refractivity (Wildman–Crippen MR) is 202 cm³/mol. The molecule has 2 aliphatic rings. The van der Waals surface area contributed by atoms with Gasteiger partial charge in [-0.25, -0.2) is 17.5 Å². The van der Waals surface area contributed by atoms with E-state index >= 15 is 0 Å². The van der Waals surface area contributed by atoms with E-state index in [1.54, 1.807) is 36.4 Å². The van der Waals surface area contributed by atoms with Gasteiger partial charge in [-0.2, -0.15) is 0 Å². The maximum Gasteiger partial charge on any atom is 0.407 e. The molecule has 1 aliphatic heterocycles. The lowest BCUT2D eigenvalue weighted by atomic mass is 9.77. The lowest BCUT2D eigenvalue weighted by Crippen LogP contribution is -2.37. The average molecular weight is 731 g/mol. The number of fused-ring (bicyclic) bond motifs is 1. The summed E-state index contributed by atoms with van der Waals surface area (Å²) in [6.45, 7) is 8.10. The van der Waals surface area contributed by atoms with E-state index in [9.17, 15) is 27.6 Å². The number of benzene rings is 3. The van der Waals surface area contributed by atoms with E-state index in [1.165, 1.54) is 18.4 Å². The Labute approximate surface area is 306 Å². The van der Waals surface area contributed by atoms with Gasteiger partial charge in [-0.05, 0) is 118 Å². The quantitative estimate of drug-likeness (QED) is 0.189. The highest BCUT2D eigenvalue weighted by Crippen LogP contribution is 2.33. The number of ether oxygens (including phenoxy) is 1. The standard InChI is InChI=1S/C40H50N4O7S/c1-25-7-17-32(52(49,50)44(5)6)22-34(25)28-12-8-26(9-13-28)19-30(38(47)43-31-16-18-33-35(21-31)41-24-37(33)46)20-36(45)29-14-10-27(11-15-29)23-42-39(48)51-40(2,3)4/h7-9,12-13,16-18,21-22,27,29-30,41H,10-11,14-15,19-20,23-24H2,1-6H3,(H,42,48)(H,43,47)/t27?,29?,30-/m1/s1. The molecule has 3 aromatic carbocycles. The first kappa shape index (κ1) is 38.7. The summed E-state index contributed by atoms with van der Waals surface area (Å²) in [5, 5.41) is 8.89. The molecule has 3 aromatic rings. The molecule has 11 nitrogen and oxygen atoms in total. The molecule has 0 unspecified atom stereocenters. The Balaban J connectivity index is 1.29. The molecule has 1 saturated carbocycles. The van der Waals surface area contributed by atoms with Crippen LogP contribution in [0.25, 0.3) is 11.1 Å². The first-order valence-corrected chi connectivity index (χ1v) is 19.3. The van der Waals surface area contributed by atoms with E-state index in [1.807, 2.05) is 52.0 Å². The van der Waals surface area contributed by atoms with Crippen LogP contribution in [0.4, 0.5) is 16.2 Å². The third-order valence-electron chi connectivity index (χ3n) is 9.82. The van der Waals surface area contributed by atoms with Crippen molar-refractivity contribution in [2.75, 3.05) is 37.8 Å². The van der Waals surface area contributed by atoms with Crippen LogP contribution in [0.2, 0.25) is 0 Å². The number of nitrogens with one attached hydrogen (secondary N) is 3. The fourth-order valence-electron chi connectivity index (χ4n) is 6.81. The number of hydrogen-bond acceptors (Lipinski definition) is 8. The van der Waals surface area contributed by atoms with Crippen LogP contribution in [0.3, 0.4) is 0 Å². The van der Waals surface area contributed by atoms with Crippen molar-refractivity contribution in [3.63, 3.8) is 0 Å². The predicted octanol–water partition coefficient (Wildman–Crippen LogP) is 6.61. The lowest BCUT2D eigenvalue weighted by Gasteiger charge is -2.29. The second-order valence-electron chi connectivity index (χ2n) is 15.2. The fraction of sp³-hybridized carbons (Fsp3) is 0.450. The van der Waals surface area contributed by atoms with Crippen molar-refractivity contribution in [3.8, 4) is 11.1 Å². The highest BCUT2D eigenvalue weighted by atomic mass is 32.2. The zero-order valence-electron chi connectivity index (χ0n) is 30.9. The molecule has 1 aliphatic carbocycles. The summed E-state index contributed by atoms with van der Waals surface area (Å²) >= 11 is 0. The zero-order chi connectivity index (χ0) is 37.8. The largest absolute Gasteiger partial charge is 0.444 e. The van der Waals surface area contributed by atoms with Crippen LogP contribution in [0.15, 0.2) is 65.6 Å². The van der Waals surface area contributed by atoms with Gasteiger partial charge < -0.3 is 20.7 Å². The minimum atomic E-state index is -3.61. The Morgan fingerprint density at radius 1 is 0.942 bits per heavy atom. The first-order valence-electron chi connectivity index (χ1n) is 17.8. The number of nitrogens with zero attached hydrogens (tertiary/aromatic N) is 1. The molecule has 3 N–H and O–H groups in total. The third kappa shape index (κ3) is 9.65. The van der Waals surface area contributed by atoms with Crippen LogP contribution in [0, 0.1) is 24.7 Å². The van der Waals surface area contributed by atoms with Gasteiger partial charge in [0.25, 0.3) is 0 Å². The van der Waals surface area contributed by atoms with Crippen molar-refractivity contribution < 1.29 is 32.3 Å². The molecule has 0 radical (unpaired) electrons. The number of ketones is 2. The minimum absolute atomic E-state index is 0.00335. The molecule has 0 saturated heterocycles. The van der Waals surface area contributed by atoms with Crippen LogP contribution in [0.5, 0.6) is 0 Å². The van der Waals surface area contributed by atoms with Crippen LogP contribution in [-0.2, 0) is 30.8 Å². The molecule has 1 fully saturated rings. The molecule has 12 heteroatoms. The Hall–Kier alpha value is -4.55. The monoisotopic (exact) mass is 730 g/mol. The zero-order valence-corrected chi connectivity index (χ0v) is 31.7. The van der Waals surface area contributed by atoms with Crippen molar-refractivity contribution in [1.29, 1.82) is 0 Å². The van der Waals surface area contributed by atoms with Gasteiger partial charge in [0.05, 0.1) is 11.4 Å². The molecule has 0 spiro atoms. The Morgan fingerprint density at radius 2 is 1.63 bits per heavy atom. The second-order valence-corrected chi connectivity index (χ2v) is 17.3. The van der Waals surface area contributed by atoms with Crippen molar-refractivity contribution in [2.45, 2.75) is 76.7 Å². The van der Waals surface area contributed by atoms with E-state index in [-0.39, 0.29) is 47.2 Å². The maximum absolute atomic E-state index is 13.9. The van der Waals surface area contributed by atoms with E-state index in [2.05, 4.69) is 16.0 Å². The summed E-state index contributed by atoms with van der Waals surface area (Å²) < 4.78 is 32.1. The van der Waals surface area contributed by atoms with Crippen LogP contribution in [-0.4, -0.2) is 69.1 Å². The van der Waals surface area contributed by atoms with Gasteiger partial charge >= 0.3 is 6.09 Å². The summed E-state index contributed by atoms with van der Waals surface area (Å²) in [5.41, 5.74) is 4.64. The number of carbonyl (C=O) groups excluding carboxylic acids is 4. The molecule has 52 heavy (non-hydrogen) atoms. The van der Waals surface area contributed by atoms with Crippen molar-refractivity contribution in [3.05, 3.63) is 77.4 Å². The Morgan fingerprint density at radius 3 is 2.29 bits per heavy atom. The van der Waals surface area contributed by atoms with Gasteiger partial charge in [0, 0.05) is 55.8 Å². The molecule has 5 rings (SSSR count). The maximum atomic E-state index is 13.9. The number of carbonyl (C=O) groups is 4. The number of hydrogen-bond donors (Lipinski definition) is 3. The summed E-state index contributed by atoms with van der Waals surface area (Å²) in [7, 11) is -0.611. The van der Waals surface area contributed by atoms with Crippen LogP contribution in [0.1, 0.15) is 74.4 Å².